The van der Waals surface area contributed by atoms with Gasteiger partial charge in [0.25, 0.3) is 0 Å². The Morgan fingerprint density at radius 1 is 0.939 bits per heavy atom. The fraction of sp³-hybridized carbons (Fsp3) is 0.148. The minimum atomic E-state index is -0.0343. The van der Waals surface area contributed by atoms with Gasteiger partial charge in [0.05, 0.1) is 25.4 Å². The maximum absolute atomic E-state index is 6.15. The molecule has 2 aromatic carbocycles. The lowest BCUT2D eigenvalue weighted by molar-refractivity contribution is 0.246. The molecular formula is C27H22N2O4. The van der Waals surface area contributed by atoms with Gasteiger partial charge in [-0.1, -0.05) is 0 Å². The van der Waals surface area contributed by atoms with Crippen LogP contribution >= 0.6 is 0 Å². The SMILES string of the molecule is COc1ccc(C2=CC3=N/C(=C\c4cc5oc(-c6ccc(OC)cc6)cc5[nH]4)CC3O2)cc1. The number of hydrogen-bond donors (Lipinski definition) is 1. The summed E-state index contributed by atoms with van der Waals surface area (Å²) in [4.78, 5) is 8.19. The lowest BCUT2D eigenvalue weighted by atomic mass is 10.1. The zero-order chi connectivity index (χ0) is 22.4. The molecule has 0 spiro atoms. The van der Waals surface area contributed by atoms with Crippen molar-refractivity contribution in [1.29, 1.82) is 0 Å². The molecule has 4 heterocycles. The van der Waals surface area contributed by atoms with Crippen molar-refractivity contribution < 1.29 is 18.6 Å². The van der Waals surface area contributed by atoms with E-state index in [0.29, 0.717) is 0 Å². The van der Waals surface area contributed by atoms with Crippen LogP contribution in [0.2, 0.25) is 0 Å². The van der Waals surface area contributed by atoms with Crippen molar-refractivity contribution in [3.05, 3.63) is 83.7 Å². The highest BCUT2D eigenvalue weighted by Crippen LogP contribution is 2.35. The lowest BCUT2D eigenvalue weighted by Gasteiger charge is -2.10. The Labute approximate surface area is 190 Å². The summed E-state index contributed by atoms with van der Waals surface area (Å²) in [6.07, 6.45) is 4.78. The highest BCUT2D eigenvalue weighted by Gasteiger charge is 2.31. The van der Waals surface area contributed by atoms with E-state index in [1.54, 1.807) is 14.2 Å². The number of rotatable bonds is 5. The van der Waals surface area contributed by atoms with Crippen LogP contribution in [-0.2, 0) is 4.74 Å². The highest BCUT2D eigenvalue weighted by molar-refractivity contribution is 6.08. The van der Waals surface area contributed by atoms with Crippen LogP contribution < -0.4 is 9.47 Å². The van der Waals surface area contributed by atoms with E-state index in [4.69, 9.17) is 23.6 Å². The molecule has 6 rings (SSSR count). The zero-order valence-corrected chi connectivity index (χ0v) is 18.3. The van der Waals surface area contributed by atoms with Crippen molar-refractivity contribution in [3.63, 3.8) is 0 Å². The highest BCUT2D eigenvalue weighted by atomic mass is 16.5. The molecule has 4 aromatic rings. The molecule has 6 nitrogen and oxygen atoms in total. The predicted molar refractivity (Wildman–Crippen MR) is 128 cm³/mol. The van der Waals surface area contributed by atoms with Crippen LogP contribution in [0, 0.1) is 0 Å². The Hall–Kier alpha value is -4.19. The second-order valence-corrected chi connectivity index (χ2v) is 8.06. The first-order valence-electron chi connectivity index (χ1n) is 10.8. The summed E-state index contributed by atoms with van der Waals surface area (Å²) in [5.74, 6) is 3.32. The molecular weight excluding hydrogens is 416 g/mol. The Kier molecular flexibility index (Phi) is 4.57. The van der Waals surface area contributed by atoms with Crippen LogP contribution in [0.25, 0.3) is 34.3 Å². The molecule has 2 aromatic heterocycles. The Balaban J connectivity index is 1.21. The molecule has 1 unspecified atom stereocenters. The van der Waals surface area contributed by atoms with Crippen molar-refractivity contribution in [2.75, 3.05) is 14.2 Å². The van der Waals surface area contributed by atoms with E-state index in [1.807, 2.05) is 66.7 Å². The monoisotopic (exact) mass is 438 g/mol. The van der Waals surface area contributed by atoms with Gasteiger partial charge in [0.1, 0.15) is 29.1 Å². The van der Waals surface area contributed by atoms with Crippen LogP contribution in [0.15, 0.2) is 81.8 Å². The van der Waals surface area contributed by atoms with Gasteiger partial charge in [-0.3, -0.25) is 4.99 Å². The largest absolute Gasteiger partial charge is 0.497 e. The number of methoxy groups -OCH3 is 2. The van der Waals surface area contributed by atoms with Gasteiger partial charge < -0.3 is 23.6 Å². The van der Waals surface area contributed by atoms with Crippen LogP contribution in [0.3, 0.4) is 0 Å². The number of aliphatic imine (C=N–C) groups is 1. The molecule has 0 aliphatic carbocycles. The van der Waals surface area contributed by atoms with Gasteiger partial charge >= 0.3 is 0 Å². The molecule has 2 aliphatic rings. The van der Waals surface area contributed by atoms with E-state index in [-0.39, 0.29) is 6.10 Å². The maximum atomic E-state index is 6.15. The van der Waals surface area contributed by atoms with Gasteiger partial charge in [-0.25, -0.2) is 0 Å². The molecule has 1 N–H and O–H groups in total. The van der Waals surface area contributed by atoms with Gasteiger partial charge in [-0.05, 0) is 54.6 Å². The Morgan fingerprint density at radius 3 is 2.27 bits per heavy atom. The predicted octanol–water partition coefficient (Wildman–Crippen LogP) is 6.07. The summed E-state index contributed by atoms with van der Waals surface area (Å²) in [6, 6.07) is 19.7. The van der Waals surface area contributed by atoms with Gasteiger partial charge in [0.15, 0.2) is 5.58 Å². The Bertz CT molecular complexity index is 1390. The van der Waals surface area contributed by atoms with Gasteiger partial charge in [-0.15, -0.1) is 0 Å². The van der Waals surface area contributed by atoms with E-state index in [2.05, 4.69) is 11.1 Å². The summed E-state index contributed by atoms with van der Waals surface area (Å²) in [6.45, 7) is 0. The molecule has 0 radical (unpaired) electrons. The van der Waals surface area contributed by atoms with Gasteiger partial charge in [-0.2, -0.15) is 0 Å². The van der Waals surface area contributed by atoms with E-state index in [0.717, 1.165) is 68.8 Å². The molecule has 0 saturated carbocycles. The smallest absolute Gasteiger partial charge is 0.153 e. The quantitative estimate of drug-likeness (QED) is 0.411. The summed E-state index contributed by atoms with van der Waals surface area (Å²) >= 11 is 0. The number of benzene rings is 2. The average molecular weight is 438 g/mol. The fourth-order valence-electron chi connectivity index (χ4n) is 4.22. The third kappa shape index (κ3) is 3.59. The first-order chi connectivity index (χ1) is 16.2. The first kappa shape index (κ1) is 19.5. The van der Waals surface area contributed by atoms with Crippen LogP contribution in [0.1, 0.15) is 17.7 Å². The molecule has 1 atom stereocenters. The van der Waals surface area contributed by atoms with E-state index < -0.39 is 0 Å². The third-order valence-electron chi connectivity index (χ3n) is 5.94. The molecule has 0 amide bonds. The summed E-state index contributed by atoms with van der Waals surface area (Å²) in [5, 5.41) is 0. The third-order valence-corrected chi connectivity index (χ3v) is 5.94. The van der Waals surface area contributed by atoms with Crippen molar-refractivity contribution in [3.8, 4) is 22.8 Å². The summed E-state index contributed by atoms with van der Waals surface area (Å²) < 4.78 is 22.6. The number of hydrogen-bond acceptors (Lipinski definition) is 5. The molecule has 164 valence electrons. The number of furan rings is 1. The standard InChI is InChI=1S/C27H22N2O4/c1-30-20-7-3-16(4-8-20)24-14-22-26(32-24)12-18(28-22)11-19-13-27-23(29-19)15-25(33-27)17-5-9-21(31-2)10-6-17/h3-12,14-15,27-28H,13H2,1-2H3/b19-11-. The molecule has 6 heteroatoms. The molecule has 0 bridgehead atoms. The van der Waals surface area contributed by atoms with Crippen LogP contribution in [-0.4, -0.2) is 31.0 Å². The topological polar surface area (TPSA) is 69.0 Å². The van der Waals surface area contributed by atoms with Gasteiger partial charge in [0, 0.05) is 47.1 Å². The lowest BCUT2D eigenvalue weighted by Crippen LogP contribution is -2.10. The van der Waals surface area contributed by atoms with Crippen molar-refractivity contribution in [1.82, 2.24) is 4.98 Å². The maximum Gasteiger partial charge on any atom is 0.153 e. The normalized spacial score (nSPS) is 18.2. The Morgan fingerprint density at radius 2 is 1.64 bits per heavy atom. The number of aromatic nitrogens is 1. The van der Waals surface area contributed by atoms with Crippen LogP contribution in [0.4, 0.5) is 0 Å². The number of aromatic amines is 1. The number of nitrogens with one attached hydrogen (secondary N) is 1. The van der Waals surface area contributed by atoms with Crippen LogP contribution in [0.5, 0.6) is 11.5 Å². The van der Waals surface area contributed by atoms with E-state index in [1.165, 1.54) is 0 Å². The molecule has 33 heavy (non-hydrogen) atoms. The number of nitrogens with zero attached hydrogens (tertiary/aromatic N) is 1. The average Bonchev–Trinajstić information content (AvgIpc) is 3.59. The zero-order valence-electron chi connectivity index (χ0n) is 18.3. The summed E-state index contributed by atoms with van der Waals surface area (Å²) in [7, 11) is 3.32. The minimum Gasteiger partial charge on any atom is -0.497 e. The minimum absolute atomic E-state index is 0.0343. The second-order valence-electron chi connectivity index (χ2n) is 8.06. The van der Waals surface area contributed by atoms with Crippen molar-refractivity contribution in [2.45, 2.75) is 12.5 Å². The second kappa shape index (κ2) is 7.74. The number of H-pyrrole nitrogens is 1. The number of fused-ring (bicyclic) bond motifs is 2. The van der Waals surface area contributed by atoms with E-state index >= 15 is 0 Å². The van der Waals surface area contributed by atoms with Crippen molar-refractivity contribution >= 4 is 28.6 Å². The van der Waals surface area contributed by atoms with Crippen molar-refractivity contribution in [2.24, 2.45) is 4.99 Å². The summed E-state index contributed by atoms with van der Waals surface area (Å²) in [5.41, 5.74) is 6.71. The first-order valence-corrected chi connectivity index (χ1v) is 10.8. The fourth-order valence-corrected chi connectivity index (χ4v) is 4.22. The molecule has 0 saturated heterocycles. The molecule has 0 fully saturated rings. The number of ether oxygens (including phenoxy) is 3. The van der Waals surface area contributed by atoms with Gasteiger partial charge in [0.2, 0.25) is 0 Å². The molecule has 2 aliphatic heterocycles. The van der Waals surface area contributed by atoms with E-state index in [9.17, 15) is 0 Å².